The Bertz CT molecular complexity index is 1290. The highest BCUT2D eigenvalue weighted by Crippen LogP contribution is 2.42. The van der Waals surface area contributed by atoms with Crippen LogP contribution in [0.15, 0.2) is 42.5 Å². The van der Waals surface area contributed by atoms with Gasteiger partial charge in [0.05, 0.1) is 24.7 Å². The number of carbonyl (C=O) groups is 2. The van der Waals surface area contributed by atoms with Gasteiger partial charge in [0, 0.05) is 16.6 Å². The van der Waals surface area contributed by atoms with Crippen LogP contribution in [-0.4, -0.2) is 35.5 Å². The number of pyridine rings is 1. The maximum absolute atomic E-state index is 12.7. The molecule has 0 saturated carbocycles. The van der Waals surface area contributed by atoms with Crippen molar-refractivity contribution in [2.24, 2.45) is 0 Å². The minimum atomic E-state index is -0.844. The monoisotopic (exact) mass is 392 g/mol. The third-order valence-electron chi connectivity index (χ3n) is 4.98. The van der Waals surface area contributed by atoms with Crippen LogP contribution in [0.4, 0.5) is 5.69 Å². The van der Waals surface area contributed by atoms with Gasteiger partial charge in [-0.05, 0) is 24.6 Å². The standard InChI is InChI=1S/C21H16N2O6/c1-11-9-13-10-14(12-7-5-4-6-8-12)18-15(20(24)28-2)16(21(25)29-3)19(22(13)18)17(11)23(26)27/h4-10H,1-3H3. The lowest BCUT2D eigenvalue weighted by Gasteiger charge is -2.05. The number of rotatable bonds is 4. The molecule has 8 heteroatoms. The van der Waals surface area contributed by atoms with Crippen molar-refractivity contribution in [3.05, 3.63) is 69.3 Å². The van der Waals surface area contributed by atoms with Crippen LogP contribution in [0, 0.1) is 17.0 Å². The van der Waals surface area contributed by atoms with E-state index >= 15 is 0 Å². The number of hydrogen-bond acceptors (Lipinski definition) is 6. The molecular formula is C21H16N2O6. The quantitative estimate of drug-likeness (QED) is 0.296. The molecule has 4 aromatic rings. The fourth-order valence-electron chi connectivity index (χ4n) is 3.84. The Kier molecular flexibility index (Phi) is 4.19. The van der Waals surface area contributed by atoms with Gasteiger partial charge in [-0.3, -0.25) is 10.1 Å². The van der Waals surface area contributed by atoms with Crippen LogP contribution >= 0.6 is 0 Å². The van der Waals surface area contributed by atoms with E-state index in [9.17, 15) is 19.7 Å². The number of aryl methyl sites for hydroxylation is 1. The summed E-state index contributed by atoms with van der Waals surface area (Å²) in [6.45, 7) is 1.59. The molecule has 3 heterocycles. The Labute approximate surface area is 164 Å². The first-order valence-electron chi connectivity index (χ1n) is 8.71. The molecule has 4 rings (SSSR count). The Morgan fingerprint density at radius 3 is 2.10 bits per heavy atom. The van der Waals surface area contributed by atoms with E-state index in [2.05, 4.69) is 0 Å². The molecular weight excluding hydrogens is 376 g/mol. The summed E-state index contributed by atoms with van der Waals surface area (Å²) in [5.41, 5.74) is 2.36. The number of hydrogen-bond donors (Lipinski definition) is 0. The number of esters is 2. The van der Waals surface area contributed by atoms with Crippen LogP contribution in [0.3, 0.4) is 0 Å². The van der Waals surface area contributed by atoms with Crippen LogP contribution < -0.4 is 0 Å². The highest BCUT2D eigenvalue weighted by molar-refractivity contribution is 6.19. The van der Waals surface area contributed by atoms with Crippen LogP contribution in [-0.2, 0) is 9.47 Å². The molecule has 0 spiro atoms. The van der Waals surface area contributed by atoms with E-state index in [0.717, 1.165) is 12.7 Å². The van der Waals surface area contributed by atoms with Crippen LogP contribution in [0.5, 0.6) is 0 Å². The molecule has 0 aliphatic carbocycles. The summed E-state index contributed by atoms with van der Waals surface area (Å²) < 4.78 is 11.4. The number of ether oxygens (including phenoxy) is 2. The highest BCUT2D eigenvalue weighted by Gasteiger charge is 2.36. The Balaban J connectivity index is 2.32. The van der Waals surface area contributed by atoms with E-state index in [1.807, 2.05) is 36.4 Å². The molecule has 0 fully saturated rings. The number of nitro groups is 1. The summed E-state index contributed by atoms with van der Waals surface area (Å²) in [7, 11) is 2.36. The fraction of sp³-hybridized carbons (Fsp3) is 0.143. The molecule has 146 valence electrons. The highest BCUT2D eigenvalue weighted by atomic mass is 16.6. The molecule has 0 unspecified atom stereocenters. The maximum Gasteiger partial charge on any atom is 0.341 e. The Hall–Kier alpha value is -3.94. The molecule has 0 radical (unpaired) electrons. The zero-order chi connectivity index (χ0) is 20.9. The van der Waals surface area contributed by atoms with Crippen molar-refractivity contribution < 1.29 is 24.0 Å². The van der Waals surface area contributed by atoms with Crippen molar-refractivity contribution in [2.75, 3.05) is 14.2 Å². The van der Waals surface area contributed by atoms with Crippen molar-refractivity contribution in [3.8, 4) is 11.1 Å². The molecule has 0 amide bonds. The second kappa shape index (κ2) is 6.59. The summed E-state index contributed by atoms with van der Waals surface area (Å²) in [5.74, 6) is -1.62. The molecule has 8 nitrogen and oxygen atoms in total. The molecule has 0 aliphatic rings. The van der Waals surface area contributed by atoms with E-state index < -0.39 is 16.9 Å². The number of nitrogens with zero attached hydrogens (tertiary/aromatic N) is 2. The number of carbonyl (C=O) groups excluding carboxylic acids is 2. The molecule has 0 saturated heterocycles. The lowest BCUT2D eigenvalue weighted by Crippen LogP contribution is -2.10. The third kappa shape index (κ3) is 2.53. The van der Waals surface area contributed by atoms with E-state index in [4.69, 9.17) is 9.47 Å². The summed E-state index contributed by atoms with van der Waals surface area (Å²) in [6.07, 6.45) is 0. The van der Waals surface area contributed by atoms with Crippen molar-refractivity contribution in [3.63, 3.8) is 0 Å². The largest absolute Gasteiger partial charge is 0.465 e. The Morgan fingerprint density at radius 2 is 1.55 bits per heavy atom. The second-order valence-corrected chi connectivity index (χ2v) is 6.55. The minimum absolute atomic E-state index is 0.0226. The predicted molar refractivity (Wildman–Crippen MR) is 106 cm³/mol. The molecule has 0 bridgehead atoms. The molecule has 29 heavy (non-hydrogen) atoms. The number of benzene rings is 1. The summed E-state index contributed by atoms with van der Waals surface area (Å²) >= 11 is 0. The van der Waals surface area contributed by atoms with Gasteiger partial charge in [-0.15, -0.1) is 0 Å². The molecule has 0 N–H and O–H groups in total. The van der Waals surface area contributed by atoms with E-state index in [1.54, 1.807) is 17.4 Å². The van der Waals surface area contributed by atoms with Crippen molar-refractivity contribution in [2.45, 2.75) is 6.92 Å². The first-order valence-corrected chi connectivity index (χ1v) is 8.71. The van der Waals surface area contributed by atoms with Gasteiger partial charge in [0.2, 0.25) is 0 Å². The SMILES string of the molecule is COC(=O)c1c(C(=O)OC)c2c([N+](=O)[O-])c(C)cc3cc(-c4ccccc4)c1n32. The van der Waals surface area contributed by atoms with Gasteiger partial charge in [0.1, 0.15) is 16.6 Å². The zero-order valence-corrected chi connectivity index (χ0v) is 15.9. The van der Waals surface area contributed by atoms with Gasteiger partial charge < -0.3 is 13.9 Å². The van der Waals surface area contributed by atoms with Crippen LogP contribution in [0.1, 0.15) is 26.3 Å². The van der Waals surface area contributed by atoms with Crippen LogP contribution in [0.25, 0.3) is 27.7 Å². The minimum Gasteiger partial charge on any atom is -0.465 e. The van der Waals surface area contributed by atoms with Crippen molar-refractivity contribution in [1.29, 1.82) is 0 Å². The molecule has 1 aromatic carbocycles. The van der Waals surface area contributed by atoms with Gasteiger partial charge in [0.15, 0.2) is 0 Å². The van der Waals surface area contributed by atoms with Crippen LogP contribution in [0.2, 0.25) is 0 Å². The van der Waals surface area contributed by atoms with E-state index in [1.165, 1.54) is 7.11 Å². The number of aromatic nitrogens is 1. The molecule has 3 aromatic heterocycles. The average Bonchev–Trinajstić information content (AvgIpc) is 3.25. The number of methoxy groups -OCH3 is 2. The zero-order valence-electron chi connectivity index (χ0n) is 15.9. The van der Waals surface area contributed by atoms with Gasteiger partial charge in [-0.2, -0.15) is 0 Å². The molecule has 0 aliphatic heterocycles. The van der Waals surface area contributed by atoms with Crippen molar-refractivity contribution in [1.82, 2.24) is 4.40 Å². The average molecular weight is 392 g/mol. The van der Waals surface area contributed by atoms with E-state index in [0.29, 0.717) is 22.2 Å². The van der Waals surface area contributed by atoms with Gasteiger partial charge >= 0.3 is 11.9 Å². The second-order valence-electron chi connectivity index (χ2n) is 6.55. The third-order valence-corrected chi connectivity index (χ3v) is 4.98. The summed E-state index contributed by atoms with van der Waals surface area (Å²) in [5, 5.41) is 11.8. The molecule has 0 atom stereocenters. The summed E-state index contributed by atoms with van der Waals surface area (Å²) in [4.78, 5) is 36.7. The Morgan fingerprint density at radius 1 is 0.966 bits per heavy atom. The first kappa shape index (κ1) is 18.4. The first-order chi connectivity index (χ1) is 13.9. The lowest BCUT2D eigenvalue weighted by molar-refractivity contribution is -0.383. The topological polar surface area (TPSA) is 100 Å². The smallest absolute Gasteiger partial charge is 0.341 e. The van der Waals surface area contributed by atoms with Crippen molar-refractivity contribution >= 4 is 34.2 Å². The lowest BCUT2D eigenvalue weighted by atomic mass is 10.0. The normalized spacial score (nSPS) is 11.1. The maximum atomic E-state index is 12.7. The van der Waals surface area contributed by atoms with E-state index in [-0.39, 0.29) is 22.3 Å². The fourth-order valence-corrected chi connectivity index (χ4v) is 3.84. The predicted octanol–water partition coefficient (Wildman–Crippen LogP) is 3.99. The van der Waals surface area contributed by atoms with Gasteiger partial charge in [-0.1, -0.05) is 30.3 Å². The van der Waals surface area contributed by atoms with Gasteiger partial charge in [-0.25, -0.2) is 9.59 Å². The summed E-state index contributed by atoms with van der Waals surface area (Å²) in [6, 6.07) is 12.8. The van der Waals surface area contributed by atoms with Gasteiger partial charge in [0.25, 0.3) is 5.69 Å².